The molecular formula is C21H24O7. The Hall–Kier alpha value is -2.80. The molecule has 2 aromatic rings. The third-order valence-corrected chi connectivity index (χ3v) is 5.31. The lowest BCUT2D eigenvalue weighted by molar-refractivity contribution is -0.163. The SMILES string of the molecule is COc1cc(OC)c(C2CC(C)(OC)Oc3cc4c(cc32)OCO4)c(OC)c1. The molecule has 0 saturated heterocycles. The molecule has 2 unspecified atom stereocenters. The van der Waals surface area contributed by atoms with E-state index in [-0.39, 0.29) is 12.7 Å². The predicted octanol–water partition coefficient (Wildman–Crippen LogP) is 3.72. The van der Waals surface area contributed by atoms with Gasteiger partial charge >= 0.3 is 0 Å². The Morgan fingerprint density at radius 3 is 2.07 bits per heavy atom. The molecule has 0 N–H and O–H groups in total. The molecule has 0 bridgehead atoms. The van der Waals surface area contributed by atoms with Crippen LogP contribution < -0.4 is 28.4 Å². The molecule has 7 heteroatoms. The van der Waals surface area contributed by atoms with Gasteiger partial charge in [-0.05, 0) is 6.07 Å². The summed E-state index contributed by atoms with van der Waals surface area (Å²) in [4.78, 5) is 0. The number of fused-ring (bicyclic) bond motifs is 2. The van der Waals surface area contributed by atoms with Crippen LogP contribution in [-0.2, 0) is 4.74 Å². The highest BCUT2D eigenvalue weighted by Gasteiger charge is 2.42. The summed E-state index contributed by atoms with van der Waals surface area (Å²) >= 11 is 0. The number of hydrogen-bond acceptors (Lipinski definition) is 7. The molecule has 0 fully saturated rings. The molecule has 0 spiro atoms. The highest BCUT2D eigenvalue weighted by molar-refractivity contribution is 5.61. The van der Waals surface area contributed by atoms with E-state index in [9.17, 15) is 0 Å². The van der Waals surface area contributed by atoms with Gasteiger partial charge in [0.1, 0.15) is 23.0 Å². The van der Waals surface area contributed by atoms with E-state index in [1.54, 1.807) is 28.4 Å². The van der Waals surface area contributed by atoms with E-state index in [1.165, 1.54) is 0 Å². The molecule has 2 heterocycles. The Morgan fingerprint density at radius 2 is 1.50 bits per heavy atom. The van der Waals surface area contributed by atoms with Crippen LogP contribution in [0.3, 0.4) is 0 Å². The molecular weight excluding hydrogens is 364 g/mol. The summed E-state index contributed by atoms with van der Waals surface area (Å²) in [6.45, 7) is 2.11. The maximum Gasteiger partial charge on any atom is 0.231 e. The number of benzene rings is 2. The minimum atomic E-state index is -0.818. The average molecular weight is 388 g/mol. The van der Waals surface area contributed by atoms with Crippen LogP contribution in [0.4, 0.5) is 0 Å². The maximum absolute atomic E-state index is 6.17. The van der Waals surface area contributed by atoms with E-state index in [0.717, 1.165) is 11.1 Å². The van der Waals surface area contributed by atoms with Crippen LogP contribution in [0.15, 0.2) is 24.3 Å². The Balaban J connectivity index is 1.93. The third kappa shape index (κ3) is 2.96. The average Bonchev–Trinajstić information content (AvgIpc) is 3.17. The lowest BCUT2D eigenvalue weighted by Gasteiger charge is -2.39. The minimum Gasteiger partial charge on any atom is -0.496 e. The molecule has 0 saturated carbocycles. The van der Waals surface area contributed by atoms with Crippen molar-refractivity contribution in [2.75, 3.05) is 35.2 Å². The Morgan fingerprint density at radius 1 is 0.857 bits per heavy atom. The maximum atomic E-state index is 6.17. The number of hydrogen-bond donors (Lipinski definition) is 0. The van der Waals surface area contributed by atoms with Gasteiger partial charge in [-0.15, -0.1) is 0 Å². The zero-order valence-electron chi connectivity index (χ0n) is 16.7. The van der Waals surface area contributed by atoms with Crippen molar-refractivity contribution in [2.24, 2.45) is 0 Å². The van der Waals surface area contributed by atoms with Crippen LogP contribution in [0.25, 0.3) is 0 Å². The Kier molecular flexibility index (Phi) is 4.63. The van der Waals surface area contributed by atoms with E-state index in [4.69, 9.17) is 33.2 Å². The summed E-state index contributed by atoms with van der Waals surface area (Å²) in [6, 6.07) is 7.51. The molecule has 0 aliphatic carbocycles. The molecule has 0 radical (unpaired) electrons. The zero-order chi connectivity index (χ0) is 19.9. The molecule has 7 nitrogen and oxygen atoms in total. The van der Waals surface area contributed by atoms with Crippen molar-refractivity contribution in [3.8, 4) is 34.5 Å². The van der Waals surface area contributed by atoms with Gasteiger partial charge in [0.15, 0.2) is 11.5 Å². The van der Waals surface area contributed by atoms with Crippen LogP contribution in [0.1, 0.15) is 30.4 Å². The second kappa shape index (κ2) is 6.98. The lowest BCUT2D eigenvalue weighted by Crippen LogP contribution is -2.40. The van der Waals surface area contributed by atoms with Crippen molar-refractivity contribution < 1.29 is 33.2 Å². The van der Waals surface area contributed by atoms with Crippen molar-refractivity contribution in [2.45, 2.75) is 25.0 Å². The molecule has 0 amide bonds. The van der Waals surface area contributed by atoms with Crippen molar-refractivity contribution in [3.63, 3.8) is 0 Å². The fourth-order valence-corrected chi connectivity index (χ4v) is 3.81. The second-order valence-electron chi connectivity index (χ2n) is 6.89. The molecule has 2 aliphatic rings. The fraction of sp³-hybridized carbons (Fsp3) is 0.429. The first-order valence-corrected chi connectivity index (χ1v) is 8.99. The summed E-state index contributed by atoms with van der Waals surface area (Å²) in [7, 11) is 6.51. The molecule has 2 aromatic carbocycles. The van der Waals surface area contributed by atoms with Gasteiger partial charge in [0.05, 0.1) is 21.3 Å². The summed E-state index contributed by atoms with van der Waals surface area (Å²) in [5.74, 6) is 3.11. The molecule has 4 rings (SSSR count). The summed E-state index contributed by atoms with van der Waals surface area (Å²) in [5, 5.41) is 0. The topological polar surface area (TPSA) is 64.6 Å². The zero-order valence-corrected chi connectivity index (χ0v) is 16.7. The van der Waals surface area contributed by atoms with Crippen LogP contribution in [0.2, 0.25) is 0 Å². The number of rotatable bonds is 5. The Bertz CT molecular complexity index is 870. The van der Waals surface area contributed by atoms with E-state index in [0.29, 0.717) is 40.9 Å². The lowest BCUT2D eigenvalue weighted by atomic mass is 9.82. The van der Waals surface area contributed by atoms with E-state index in [2.05, 4.69) is 0 Å². The van der Waals surface area contributed by atoms with Gasteiger partial charge in [0, 0.05) is 55.7 Å². The first-order valence-electron chi connectivity index (χ1n) is 8.99. The molecule has 28 heavy (non-hydrogen) atoms. The van der Waals surface area contributed by atoms with Crippen LogP contribution in [0.5, 0.6) is 34.5 Å². The summed E-state index contributed by atoms with van der Waals surface area (Å²) < 4.78 is 39.8. The molecule has 150 valence electrons. The number of methoxy groups -OCH3 is 4. The van der Waals surface area contributed by atoms with Gasteiger partial charge < -0.3 is 33.2 Å². The van der Waals surface area contributed by atoms with Crippen molar-refractivity contribution in [1.29, 1.82) is 0 Å². The van der Waals surface area contributed by atoms with Crippen molar-refractivity contribution >= 4 is 0 Å². The highest BCUT2D eigenvalue weighted by Crippen LogP contribution is 2.53. The van der Waals surface area contributed by atoms with Gasteiger partial charge in [-0.3, -0.25) is 0 Å². The Labute approximate surface area is 164 Å². The smallest absolute Gasteiger partial charge is 0.231 e. The third-order valence-electron chi connectivity index (χ3n) is 5.31. The van der Waals surface area contributed by atoms with Gasteiger partial charge in [-0.2, -0.15) is 0 Å². The summed E-state index contributed by atoms with van der Waals surface area (Å²) in [6.07, 6.45) is 0.565. The standard InChI is InChI=1S/C21H24O7/c1-21(25-5)10-14(13-8-16-17(27-11-26-16)9-15(13)28-21)20-18(23-3)6-12(22-2)7-19(20)24-4/h6-9,14H,10-11H2,1-5H3. The molecule has 2 aliphatic heterocycles. The van der Waals surface area contributed by atoms with E-state index < -0.39 is 5.79 Å². The molecule has 0 aromatic heterocycles. The van der Waals surface area contributed by atoms with Crippen LogP contribution in [0, 0.1) is 0 Å². The van der Waals surface area contributed by atoms with Crippen molar-refractivity contribution in [3.05, 3.63) is 35.4 Å². The first kappa shape index (κ1) is 18.6. The predicted molar refractivity (Wildman–Crippen MR) is 101 cm³/mol. The van der Waals surface area contributed by atoms with E-state index in [1.807, 2.05) is 31.2 Å². The molecule has 2 atom stereocenters. The van der Waals surface area contributed by atoms with Gasteiger partial charge in [-0.25, -0.2) is 0 Å². The largest absolute Gasteiger partial charge is 0.496 e. The first-order chi connectivity index (χ1) is 13.5. The highest BCUT2D eigenvalue weighted by atomic mass is 16.7. The van der Waals surface area contributed by atoms with E-state index >= 15 is 0 Å². The van der Waals surface area contributed by atoms with Crippen LogP contribution >= 0.6 is 0 Å². The minimum absolute atomic E-state index is 0.112. The number of ether oxygens (including phenoxy) is 7. The van der Waals surface area contributed by atoms with Gasteiger partial charge in [0.25, 0.3) is 0 Å². The van der Waals surface area contributed by atoms with Gasteiger partial charge in [0.2, 0.25) is 12.6 Å². The van der Waals surface area contributed by atoms with Crippen molar-refractivity contribution in [1.82, 2.24) is 0 Å². The summed E-state index contributed by atoms with van der Waals surface area (Å²) in [5.41, 5.74) is 1.86. The van der Waals surface area contributed by atoms with Gasteiger partial charge in [-0.1, -0.05) is 0 Å². The monoisotopic (exact) mass is 388 g/mol. The second-order valence-corrected chi connectivity index (χ2v) is 6.89. The normalized spacial score (nSPS) is 22.2. The fourth-order valence-electron chi connectivity index (χ4n) is 3.81. The quantitative estimate of drug-likeness (QED) is 0.773. The van der Waals surface area contributed by atoms with Crippen LogP contribution in [-0.4, -0.2) is 41.0 Å².